The van der Waals surface area contributed by atoms with Gasteiger partial charge in [0.2, 0.25) is 0 Å². The number of halogens is 3. The lowest BCUT2D eigenvalue weighted by molar-refractivity contribution is -0.137. The maximum atomic E-state index is 12.4. The smallest absolute Gasteiger partial charge is 0.330 e. The maximum Gasteiger partial charge on any atom is 0.416 e. The van der Waals surface area contributed by atoms with Crippen molar-refractivity contribution in [2.45, 2.75) is 12.1 Å². The van der Waals surface area contributed by atoms with Crippen LogP contribution in [0.25, 0.3) is 0 Å². The van der Waals surface area contributed by atoms with Gasteiger partial charge in [0.05, 0.1) is 11.3 Å². The van der Waals surface area contributed by atoms with Crippen LogP contribution in [0.2, 0.25) is 0 Å². The Hall–Kier alpha value is -1.08. The summed E-state index contributed by atoms with van der Waals surface area (Å²) in [7, 11) is -3.22. The molecule has 0 amide bonds. The van der Waals surface area contributed by atoms with Crippen LogP contribution in [0.4, 0.5) is 13.2 Å². The molecular formula is C11H14F3NO2S. The van der Waals surface area contributed by atoms with Gasteiger partial charge in [0.1, 0.15) is 9.84 Å². The fraction of sp³-hybridized carbons (Fsp3) is 0.455. The van der Waals surface area contributed by atoms with E-state index in [0.717, 1.165) is 18.4 Å². The zero-order valence-corrected chi connectivity index (χ0v) is 10.6. The standard InChI is InChI=1S/C11H14F3NO2S/c1-18(16,17)7-9(6-15)8-2-4-10(5-3-8)11(12,13)14/h2-5,9H,6-7,15H2,1H3. The Kier molecular flexibility index (Phi) is 4.39. The second-order valence-corrected chi connectivity index (χ2v) is 6.33. The highest BCUT2D eigenvalue weighted by Crippen LogP contribution is 2.30. The van der Waals surface area contributed by atoms with Gasteiger partial charge in [-0.2, -0.15) is 13.2 Å². The molecule has 0 saturated carbocycles. The van der Waals surface area contributed by atoms with E-state index in [0.29, 0.717) is 5.56 Å². The van der Waals surface area contributed by atoms with Crippen LogP contribution < -0.4 is 5.73 Å². The molecule has 0 radical (unpaired) electrons. The molecular weight excluding hydrogens is 267 g/mol. The van der Waals surface area contributed by atoms with Gasteiger partial charge in [0.15, 0.2) is 0 Å². The fourth-order valence-corrected chi connectivity index (χ4v) is 2.67. The number of benzene rings is 1. The van der Waals surface area contributed by atoms with E-state index in [-0.39, 0.29) is 12.3 Å². The van der Waals surface area contributed by atoms with Gasteiger partial charge in [-0.05, 0) is 17.7 Å². The van der Waals surface area contributed by atoms with Crippen LogP contribution in [0.5, 0.6) is 0 Å². The Morgan fingerprint density at radius 3 is 2.06 bits per heavy atom. The lowest BCUT2D eigenvalue weighted by Crippen LogP contribution is -2.21. The van der Waals surface area contributed by atoms with E-state index in [4.69, 9.17) is 5.73 Å². The van der Waals surface area contributed by atoms with Gasteiger partial charge in [0.25, 0.3) is 0 Å². The van der Waals surface area contributed by atoms with Crippen LogP contribution in [-0.4, -0.2) is 27.0 Å². The van der Waals surface area contributed by atoms with E-state index in [1.54, 1.807) is 0 Å². The summed E-state index contributed by atoms with van der Waals surface area (Å²) in [5.41, 5.74) is 5.18. The van der Waals surface area contributed by atoms with Crippen molar-refractivity contribution in [3.63, 3.8) is 0 Å². The van der Waals surface area contributed by atoms with Gasteiger partial charge < -0.3 is 5.73 Å². The van der Waals surface area contributed by atoms with Crippen molar-refractivity contribution in [1.82, 2.24) is 0 Å². The minimum absolute atomic E-state index is 0.0679. The molecule has 0 fully saturated rings. The molecule has 1 aromatic carbocycles. The zero-order valence-electron chi connectivity index (χ0n) is 9.74. The van der Waals surface area contributed by atoms with E-state index in [1.165, 1.54) is 12.1 Å². The number of hydrogen-bond acceptors (Lipinski definition) is 3. The summed E-state index contributed by atoms with van der Waals surface area (Å²) in [6, 6.07) is 4.40. The van der Waals surface area contributed by atoms with Crippen LogP contribution in [0.3, 0.4) is 0 Å². The molecule has 0 saturated heterocycles. The molecule has 0 aliphatic heterocycles. The average molecular weight is 281 g/mol. The number of hydrogen-bond donors (Lipinski definition) is 1. The van der Waals surface area contributed by atoms with Crippen molar-refractivity contribution in [2.24, 2.45) is 5.73 Å². The molecule has 0 aliphatic carbocycles. The molecule has 0 spiro atoms. The number of sulfone groups is 1. The molecule has 0 aliphatic rings. The van der Waals surface area contributed by atoms with Gasteiger partial charge in [-0.25, -0.2) is 8.42 Å². The Balaban J connectivity index is 2.96. The molecule has 7 heteroatoms. The molecule has 18 heavy (non-hydrogen) atoms. The predicted octanol–water partition coefficient (Wildman–Crippen LogP) is 1.79. The summed E-state index contributed by atoms with van der Waals surface area (Å²) in [5.74, 6) is -0.656. The third-order valence-corrected chi connectivity index (χ3v) is 3.51. The first-order valence-corrected chi connectivity index (χ1v) is 7.24. The van der Waals surface area contributed by atoms with Crippen molar-refractivity contribution in [1.29, 1.82) is 0 Å². The Morgan fingerprint density at radius 2 is 1.72 bits per heavy atom. The maximum absolute atomic E-state index is 12.4. The van der Waals surface area contributed by atoms with Gasteiger partial charge in [-0.15, -0.1) is 0 Å². The number of nitrogens with two attached hydrogens (primary N) is 1. The van der Waals surface area contributed by atoms with Crippen LogP contribution in [0.15, 0.2) is 24.3 Å². The third kappa shape index (κ3) is 4.30. The second-order valence-electron chi connectivity index (χ2n) is 4.14. The van der Waals surface area contributed by atoms with Crippen molar-refractivity contribution < 1.29 is 21.6 Å². The molecule has 1 atom stereocenters. The van der Waals surface area contributed by atoms with Crippen molar-refractivity contribution in [3.05, 3.63) is 35.4 Å². The second kappa shape index (κ2) is 5.27. The Labute approximate surface area is 104 Å². The molecule has 0 aromatic heterocycles. The van der Waals surface area contributed by atoms with Gasteiger partial charge >= 0.3 is 6.18 Å². The summed E-state index contributed by atoms with van der Waals surface area (Å²) in [6.07, 6.45) is -3.33. The monoisotopic (exact) mass is 281 g/mol. The zero-order chi connectivity index (χ0) is 14.0. The topological polar surface area (TPSA) is 60.2 Å². The van der Waals surface area contributed by atoms with Crippen molar-refractivity contribution in [2.75, 3.05) is 18.6 Å². The average Bonchev–Trinajstić information content (AvgIpc) is 2.24. The molecule has 1 unspecified atom stereocenters. The van der Waals surface area contributed by atoms with E-state index < -0.39 is 27.5 Å². The minimum atomic E-state index is -4.40. The highest BCUT2D eigenvalue weighted by atomic mass is 32.2. The lowest BCUT2D eigenvalue weighted by atomic mass is 10.00. The van der Waals surface area contributed by atoms with Crippen molar-refractivity contribution >= 4 is 9.84 Å². The first-order valence-electron chi connectivity index (χ1n) is 5.18. The molecule has 1 aromatic rings. The van der Waals surface area contributed by atoms with E-state index in [2.05, 4.69) is 0 Å². The highest BCUT2D eigenvalue weighted by Gasteiger charge is 2.30. The summed E-state index contributed by atoms with van der Waals surface area (Å²) in [5, 5.41) is 0. The summed E-state index contributed by atoms with van der Waals surface area (Å²) >= 11 is 0. The van der Waals surface area contributed by atoms with Gasteiger partial charge in [0, 0.05) is 18.7 Å². The highest BCUT2D eigenvalue weighted by molar-refractivity contribution is 7.90. The third-order valence-electron chi connectivity index (χ3n) is 2.50. The fourth-order valence-electron chi connectivity index (χ4n) is 1.61. The first-order chi connectivity index (χ1) is 8.13. The molecule has 2 N–H and O–H groups in total. The Morgan fingerprint density at radius 1 is 1.22 bits per heavy atom. The molecule has 1 rings (SSSR count). The summed E-state index contributed by atoms with van der Waals surface area (Å²) in [4.78, 5) is 0. The predicted molar refractivity (Wildman–Crippen MR) is 63.0 cm³/mol. The molecule has 0 heterocycles. The van der Waals surface area contributed by atoms with Crippen molar-refractivity contribution in [3.8, 4) is 0 Å². The minimum Gasteiger partial charge on any atom is -0.330 e. The molecule has 0 bridgehead atoms. The normalized spacial score (nSPS) is 14.5. The van der Waals surface area contributed by atoms with E-state index in [9.17, 15) is 21.6 Å². The number of alkyl halides is 3. The van der Waals surface area contributed by atoms with Gasteiger partial charge in [-0.3, -0.25) is 0 Å². The van der Waals surface area contributed by atoms with E-state index in [1.807, 2.05) is 0 Å². The van der Waals surface area contributed by atoms with Crippen LogP contribution >= 0.6 is 0 Å². The Bertz CT molecular complexity index is 494. The van der Waals surface area contributed by atoms with Crippen LogP contribution in [-0.2, 0) is 16.0 Å². The van der Waals surface area contributed by atoms with Crippen LogP contribution in [0.1, 0.15) is 17.0 Å². The molecule has 102 valence electrons. The summed E-state index contributed by atoms with van der Waals surface area (Å²) < 4.78 is 59.4. The van der Waals surface area contributed by atoms with Crippen LogP contribution in [0, 0.1) is 0 Å². The first kappa shape index (κ1) is 15.0. The quantitative estimate of drug-likeness (QED) is 0.915. The summed E-state index contributed by atoms with van der Waals surface area (Å²) in [6.45, 7) is 0.0679. The van der Waals surface area contributed by atoms with Gasteiger partial charge in [-0.1, -0.05) is 12.1 Å². The molecule has 3 nitrogen and oxygen atoms in total. The largest absolute Gasteiger partial charge is 0.416 e. The lowest BCUT2D eigenvalue weighted by Gasteiger charge is -2.15. The SMILES string of the molecule is CS(=O)(=O)CC(CN)c1ccc(C(F)(F)F)cc1. The number of rotatable bonds is 4. The van der Waals surface area contributed by atoms with E-state index >= 15 is 0 Å².